The molecule has 3 atom stereocenters. The Morgan fingerprint density at radius 1 is 1.21 bits per heavy atom. The summed E-state index contributed by atoms with van der Waals surface area (Å²) in [6, 6.07) is 9.18. The van der Waals surface area contributed by atoms with E-state index in [-0.39, 0.29) is 6.04 Å². The number of benzene rings is 1. The van der Waals surface area contributed by atoms with Crippen LogP contribution in [0.4, 0.5) is 0 Å². The largest absolute Gasteiger partial charge is 0.390 e. The fraction of sp³-hybridized carbons (Fsp3) is 0.625. The lowest BCUT2D eigenvalue weighted by atomic mass is 9.98. The van der Waals surface area contributed by atoms with Crippen LogP contribution in [-0.4, -0.2) is 28.7 Å². The SMILES string of the molecule is CC1(O)CCCN(C2CC(N)c3ccccc32)CC1. The Morgan fingerprint density at radius 3 is 2.74 bits per heavy atom. The Balaban J connectivity index is 1.80. The normalized spacial score (nSPS) is 35.9. The summed E-state index contributed by atoms with van der Waals surface area (Å²) < 4.78 is 0. The van der Waals surface area contributed by atoms with Gasteiger partial charge in [0.05, 0.1) is 5.60 Å². The molecule has 3 rings (SSSR count). The van der Waals surface area contributed by atoms with Gasteiger partial charge >= 0.3 is 0 Å². The number of hydrogen-bond donors (Lipinski definition) is 2. The lowest BCUT2D eigenvalue weighted by molar-refractivity contribution is 0.0429. The molecule has 1 aliphatic heterocycles. The second-order valence-corrected chi connectivity index (χ2v) is 6.37. The third-order valence-corrected chi connectivity index (χ3v) is 4.77. The van der Waals surface area contributed by atoms with Crippen LogP contribution in [-0.2, 0) is 0 Å². The molecule has 1 fully saturated rings. The van der Waals surface area contributed by atoms with Gasteiger partial charge in [0.25, 0.3) is 0 Å². The Morgan fingerprint density at radius 2 is 1.95 bits per heavy atom. The average molecular weight is 260 g/mol. The molecule has 104 valence electrons. The number of likely N-dealkylation sites (tertiary alicyclic amines) is 1. The lowest BCUT2D eigenvalue weighted by Gasteiger charge is -2.29. The van der Waals surface area contributed by atoms with Crippen LogP contribution in [0.25, 0.3) is 0 Å². The van der Waals surface area contributed by atoms with Crippen molar-refractivity contribution in [3.8, 4) is 0 Å². The van der Waals surface area contributed by atoms with Crippen LogP contribution >= 0.6 is 0 Å². The van der Waals surface area contributed by atoms with Gasteiger partial charge in [0, 0.05) is 18.6 Å². The summed E-state index contributed by atoms with van der Waals surface area (Å²) in [5.41, 5.74) is 8.48. The van der Waals surface area contributed by atoms with Crippen LogP contribution in [0.3, 0.4) is 0 Å². The maximum absolute atomic E-state index is 10.2. The van der Waals surface area contributed by atoms with Gasteiger partial charge < -0.3 is 10.8 Å². The van der Waals surface area contributed by atoms with Gasteiger partial charge in [0.2, 0.25) is 0 Å². The molecule has 19 heavy (non-hydrogen) atoms. The fourth-order valence-electron chi connectivity index (χ4n) is 3.59. The molecule has 1 heterocycles. The highest BCUT2D eigenvalue weighted by molar-refractivity contribution is 5.37. The first-order valence-electron chi connectivity index (χ1n) is 7.38. The summed E-state index contributed by atoms with van der Waals surface area (Å²) in [6.45, 7) is 4.01. The quantitative estimate of drug-likeness (QED) is 0.815. The predicted octanol–water partition coefficient (Wildman–Crippen LogP) is 2.37. The van der Waals surface area contributed by atoms with E-state index in [1.165, 1.54) is 11.1 Å². The van der Waals surface area contributed by atoms with E-state index in [2.05, 4.69) is 29.2 Å². The van der Waals surface area contributed by atoms with Gasteiger partial charge in [-0.25, -0.2) is 0 Å². The molecule has 0 bridgehead atoms. The van der Waals surface area contributed by atoms with E-state index >= 15 is 0 Å². The lowest BCUT2D eigenvalue weighted by Crippen LogP contribution is -2.31. The second-order valence-electron chi connectivity index (χ2n) is 6.37. The monoisotopic (exact) mass is 260 g/mol. The van der Waals surface area contributed by atoms with E-state index in [9.17, 15) is 5.11 Å². The Kier molecular flexibility index (Phi) is 3.37. The van der Waals surface area contributed by atoms with Crippen molar-refractivity contribution in [3.05, 3.63) is 35.4 Å². The molecule has 1 aliphatic carbocycles. The number of nitrogens with zero attached hydrogens (tertiary/aromatic N) is 1. The molecule has 1 saturated heterocycles. The third kappa shape index (κ3) is 2.55. The zero-order valence-electron chi connectivity index (χ0n) is 11.7. The highest BCUT2D eigenvalue weighted by Gasteiger charge is 2.34. The van der Waals surface area contributed by atoms with Crippen LogP contribution < -0.4 is 5.73 Å². The van der Waals surface area contributed by atoms with E-state index < -0.39 is 5.60 Å². The van der Waals surface area contributed by atoms with Crippen molar-refractivity contribution in [2.24, 2.45) is 5.73 Å². The molecule has 3 unspecified atom stereocenters. The molecule has 1 aromatic rings. The molecule has 3 nitrogen and oxygen atoms in total. The number of hydrogen-bond acceptors (Lipinski definition) is 3. The molecule has 0 aromatic heterocycles. The standard InChI is InChI=1S/C16H24N2O/c1-16(19)7-4-9-18(10-8-16)15-11-14(17)12-5-2-3-6-13(12)15/h2-3,5-6,14-15,19H,4,7-11,17H2,1H3. The zero-order valence-corrected chi connectivity index (χ0v) is 11.7. The third-order valence-electron chi connectivity index (χ3n) is 4.77. The number of rotatable bonds is 1. The van der Waals surface area contributed by atoms with E-state index in [0.29, 0.717) is 6.04 Å². The molecule has 0 saturated carbocycles. The Labute approximate surface area is 115 Å². The molecule has 3 N–H and O–H groups in total. The summed E-state index contributed by atoms with van der Waals surface area (Å²) in [7, 11) is 0. The first-order valence-corrected chi connectivity index (χ1v) is 7.38. The number of fused-ring (bicyclic) bond motifs is 1. The Hall–Kier alpha value is -0.900. The first kappa shape index (κ1) is 13.1. The molecule has 3 heteroatoms. The number of aliphatic hydroxyl groups is 1. The molecule has 0 radical (unpaired) electrons. The van der Waals surface area contributed by atoms with E-state index in [1.54, 1.807) is 0 Å². The van der Waals surface area contributed by atoms with Crippen LogP contribution in [0.2, 0.25) is 0 Å². The minimum absolute atomic E-state index is 0.171. The Bertz CT molecular complexity index is 458. The van der Waals surface area contributed by atoms with Crippen molar-refractivity contribution in [1.82, 2.24) is 4.90 Å². The van der Waals surface area contributed by atoms with Gasteiger partial charge in [0.15, 0.2) is 0 Å². The van der Waals surface area contributed by atoms with Crippen LogP contribution in [0.15, 0.2) is 24.3 Å². The molecule has 0 amide bonds. The summed E-state index contributed by atoms with van der Waals surface area (Å²) in [5, 5.41) is 10.2. The minimum Gasteiger partial charge on any atom is -0.390 e. The van der Waals surface area contributed by atoms with Gasteiger partial charge in [-0.1, -0.05) is 24.3 Å². The highest BCUT2D eigenvalue weighted by atomic mass is 16.3. The summed E-state index contributed by atoms with van der Waals surface area (Å²) >= 11 is 0. The highest BCUT2D eigenvalue weighted by Crippen LogP contribution is 2.41. The summed E-state index contributed by atoms with van der Waals surface area (Å²) in [4.78, 5) is 2.52. The molecule has 0 spiro atoms. The van der Waals surface area contributed by atoms with Crippen LogP contribution in [0.5, 0.6) is 0 Å². The predicted molar refractivity (Wildman–Crippen MR) is 76.8 cm³/mol. The van der Waals surface area contributed by atoms with Crippen LogP contribution in [0, 0.1) is 0 Å². The topological polar surface area (TPSA) is 49.5 Å². The van der Waals surface area contributed by atoms with Crippen molar-refractivity contribution in [2.75, 3.05) is 13.1 Å². The van der Waals surface area contributed by atoms with Gasteiger partial charge in [-0.05, 0) is 50.3 Å². The maximum Gasteiger partial charge on any atom is 0.0632 e. The smallest absolute Gasteiger partial charge is 0.0632 e. The van der Waals surface area contributed by atoms with Crippen molar-refractivity contribution < 1.29 is 5.11 Å². The maximum atomic E-state index is 10.2. The molecular weight excluding hydrogens is 236 g/mol. The van der Waals surface area contributed by atoms with E-state index in [1.807, 2.05) is 6.92 Å². The van der Waals surface area contributed by atoms with Crippen molar-refractivity contribution in [3.63, 3.8) is 0 Å². The zero-order chi connectivity index (χ0) is 13.5. The minimum atomic E-state index is -0.491. The number of nitrogens with two attached hydrogens (primary N) is 1. The molecular formula is C16H24N2O. The first-order chi connectivity index (χ1) is 9.07. The van der Waals surface area contributed by atoms with Gasteiger partial charge in [-0.2, -0.15) is 0 Å². The van der Waals surface area contributed by atoms with Crippen molar-refractivity contribution in [1.29, 1.82) is 0 Å². The average Bonchev–Trinajstić information content (AvgIpc) is 2.60. The van der Waals surface area contributed by atoms with Gasteiger partial charge in [0.1, 0.15) is 0 Å². The van der Waals surface area contributed by atoms with E-state index in [0.717, 1.165) is 38.8 Å². The summed E-state index contributed by atoms with van der Waals surface area (Å²) in [6.07, 6.45) is 3.85. The van der Waals surface area contributed by atoms with Gasteiger partial charge in [-0.3, -0.25) is 4.90 Å². The van der Waals surface area contributed by atoms with Crippen LogP contribution in [0.1, 0.15) is 55.8 Å². The summed E-state index contributed by atoms with van der Waals surface area (Å²) in [5.74, 6) is 0. The second kappa shape index (κ2) is 4.89. The molecule has 2 aliphatic rings. The fourth-order valence-corrected chi connectivity index (χ4v) is 3.59. The molecule has 1 aromatic carbocycles. The van der Waals surface area contributed by atoms with Crippen molar-refractivity contribution in [2.45, 2.75) is 50.3 Å². The van der Waals surface area contributed by atoms with E-state index in [4.69, 9.17) is 5.73 Å². The van der Waals surface area contributed by atoms with Crippen molar-refractivity contribution >= 4 is 0 Å². The van der Waals surface area contributed by atoms with Gasteiger partial charge in [-0.15, -0.1) is 0 Å².